The molecule has 0 fully saturated rings. The molecule has 2 aromatic carbocycles. The second-order valence-electron chi connectivity index (χ2n) is 8.93. The molecule has 1 heterocycles. The molecular weight excluding hydrogens is 434 g/mol. The number of ether oxygens (including phenoxy) is 3. The van der Waals surface area contributed by atoms with Crippen LogP contribution in [0.2, 0.25) is 0 Å². The zero-order valence-electron chi connectivity index (χ0n) is 20.8. The van der Waals surface area contributed by atoms with Gasteiger partial charge >= 0.3 is 0 Å². The number of methoxy groups -OCH3 is 2. The molecule has 0 radical (unpaired) electrons. The summed E-state index contributed by atoms with van der Waals surface area (Å²) in [4.78, 5) is 29.9. The van der Waals surface area contributed by atoms with Crippen molar-refractivity contribution in [3.8, 4) is 11.5 Å². The third-order valence-electron chi connectivity index (χ3n) is 6.37. The summed E-state index contributed by atoms with van der Waals surface area (Å²) in [7, 11) is 7.09. The van der Waals surface area contributed by atoms with Gasteiger partial charge < -0.3 is 24.4 Å². The van der Waals surface area contributed by atoms with E-state index in [0.29, 0.717) is 41.5 Å². The van der Waals surface area contributed by atoms with Crippen LogP contribution >= 0.6 is 0 Å². The van der Waals surface area contributed by atoms with Gasteiger partial charge in [0.2, 0.25) is 0 Å². The third-order valence-corrected chi connectivity index (χ3v) is 6.37. The van der Waals surface area contributed by atoms with Gasteiger partial charge in [0.15, 0.2) is 0 Å². The second-order valence-corrected chi connectivity index (χ2v) is 8.93. The predicted molar refractivity (Wildman–Crippen MR) is 132 cm³/mol. The lowest BCUT2D eigenvalue weighted by Gasteiger charge is -2.34. The Morgan fingerprint density at radius 2 is 1.76 bits per heavy atom. The molecule has 0 aliphatic carbocycles. The average Bonchev–Trinajstić information content (AvgIpc) is 2.84. The third kappa shape index (κ3) is 6.07. The molecule has 2 aromatic rings. The molecule has 0 aromatic heterocycles. The molecule has 2 amide bonds. The SMILES string of the molecule is COc1ccc(C(=O)Nc2ccc3c(c2)OC[C@H](C)N(C)C[C@H](C)[C@@H](OC)CN(C)C3=O)cc1. The normalized spacial score (nSPS) is 22.1. The molecular formula is C26H35N3O5. The lowest BCUT2D eigenvalue weighted by atomic mass is 10.0. The van der Waals surface area contributed by atoms with E-state index >= 15 is 0 Å². The zero-order valence-corrected chi connectivity index (χ0v) is 20.8. The van der Waals surface area contributed by atoms with Gasteiger partial charge in [-0.25, -0.2) is 0 Å². The van der Waals surface area contributed by atoms with Crippen molar-refractivity contribution in [2.24, 2.45) is 5.92 Å². The van der Waals surface area contributed by atoms with Crippen LogP contribution < -0.4 is 14.8 Å². The molecule has 1 aliphatic heterocycles. The summed E-state index contributed by atoms with van der Waals surface area (Å²) in [5.41, 5.74) is 1.50. The molecule has 0 bridgehead atoms. The number of hydrogen-bond acceptors (Lipinski definition) is 6. The van der Waals surface area contributed by atoms with E-state index in [9.17, 15) is 9.59 Å². The van der Waals surface area contributed by atoms with Crippen molar-refractivity contribution in [1.29, 1.82) is 0 Å². The highest BCUT2D eigenvalue weighted by atomic mass is 16.5. The molecule has 0 spiro atoms. The Bertz CT molecular complexity index is 994. The van der Waals surface area contributed by atoms with Gasteiger partial charge in [0.1, 0.15) is 18.1 Å². The number of fused-ring (bicyclic) bond motifs is 1. The average molecular weight is 470 g/mol. The maximum absolute atomic E-state index is 13.3. The van der Waals surface area contributed by atoms with Crippen molar-refractivity contribution in [1.82, 2.24) is 9.80 Å². The molecule has 34 heavy (non-hydrogen) atoms. The Balaban J connectivity index is 1.87. The van der Waals surface area contributed by atoms with Crippen molar-refractivity contribution < 1.29 is 23.8 Å². The van der Waals surface area contributed by atoms with Crippen LogP contribution in [-0.2, 0) is 4.74 Å². The van der Waals surface area contributed by atoms with Gasteiger partial charge in [0, 0.05) is 50.6 Å². The van der Waals surface area contributed by atoms with Gasteiger partial charge in [0.25, 0.3) is 11.8 Å². The first-order valence-corrected chi connectivity index (χ1v) is 11.4. The largest absolute Gasteiger partial charge is 0.497 e. The van der Waals surface area contributed by atoms with Crippen molar-refractivity contribution in [3.05, 3.63) is 53.6 Å². The highest BCUT2D eigenvalue weighted by molar-refractivity contribution is 6.05. The first kappa shape index (κ1) is 25.5. The van der Waals surface area contributed by atoms with Gasteiger partial charge in [0.05, 0.1) is 18.8 Å². The molecule has 0 saturated carbocycles. The molecule has 0 saturated heterocycles. The number of hydrogen-bond donors (Lipinski definition) is 1. The maximum Gasteiger partial charge on any atom is 0.257 e. The predicted octanol–water partition coefficient (Wildman–Crippen LogP) is 3.38. The fourth-order valence-corrected chi connectivity index (χ4v) is 3.98. The monoisotopic (exact) mass is 469 g/mol. The summed E-state index contributed by atoms with van der Waals surface area (Å²) in [6, 6.07) is 12.1. The van der Waals surface area contributed by atoms with Gasteiger partial charge in [-0.2, -0.15) is 0 Å². The molecule has 8 nitrogen and oxygen atoms in total. The number of anilines is 1. The lowest BCUT2D eigenvalue weighted by molar-refractivity contribution is 0.0150. The van der Waals surface area contributed by atoms with Crippen LogP contribution in [0.15, 0.2) is 42.5 Å². The first-order chi connectivity index (χ1) is 16.2. The zero-order chi connectivity index (χ0) is 24.8. The Morgan fingerprint density at radius 3 is 2.41 bits per heavy atom. The Labute approximate surface area is 201 Å². The first-order valence-electron chi connectivity index (χ1n) is 11.4. The molecule has 3 atom stereocenters. The minimum Gasteiger partial charge on any atom is -0.497 e. The highest BCUT2D eigenvalue weighted by Gasteiger charge is 2.27. The van der Waals surface area contributed by atoms with Crippen LogP contribution in [0.25, 0.3) is 0 Å². The number of rotatable bonds is 4. The maximum atomic E-state index is 13.3. The van der Waals surface area contributed by atoms with E-state index < -0.39 is 0 Å². The van der Waals surface area contributed by atoms with E-state index in [2.05, 4.69) is 31.1 Å². The fraction of sp³-hybridized carbons (Fsp3) is 0.462. The van der Waals surface area contributed by atoms with E-state index in [-0.39, 0.29) is 29.9 Å². The number of nitrogens with one attached hydrogen (secondary N) is 1. The minimum atomic E-state index is -0.260. The van der Waals surface area contributed by atoms with Crippen LogP contribution in [0.4, 0.5) is 5.69 Å². The van der Waals surface area contributed by atoms with E-state index in [0.717, 1.165) is 6.54 Å². The summed E-state index contributed by atoms with van der Waals surface area (Å²) in [6.07, 6.45) is -0.0875. The van der Waals surface area contributed by atoms with Crippen LogP contribution in [0.5, 0.6) is 11.5 Å². The Kier molecular flexibility index (Phi) is 8.52. The number of carbonyl (C=O) groups is 2. The molecule has 1 aliphatic rings. The number of amides is 2. The summed E-state index contributed by atoms with van der Waals surface area (Å²) in [6.45, 7) is 5.90. The number of nitrogens with zero attached hydrogens (tertiary/aromatic N) is 2. The second kappa shape index (κ2) is 11.4. The van der Waals surface area contributed by atoms with Gasteiger partial charge in [-0.1, -0.05) is 6.92 Å². The molecule has 184 valence electrons. The summed E-state index contributed by atoms with van der Waals surface area (Å²) in [5, 5.41) is 2.89. The van der Waals surface area contributed by atoms with Crippen molar-refractivity contribution in [2.45, 2.75) is 26.0 Å². The Morgan fingerprint density at radius 1 is 1.06 bits per heavy atom. The van der Waals surface area contributed by atoms with Crippen molar-refractivity contribution in [2.75, 3.05) is 53.3 Å². The molecule has 0 unspecified atom stereocenters. The van der Waals surface area contributed by atoms with E-state index in [4.69, 9.17) is 14.2 Å². The van der Waals surface area contributed by atoms with E-state index in [1.807, 2.05) is 0 Å². The Hall–Kier alpha value is -3.10. The number of carbonyl (C=O) groups excluding carboxylic acids is 2. The minimum absolute atomic E-state index is 0.0875. The van der Waals surface area contributed by atoms with E-state index in [1.54, 1.807) is 68.6 Å². The quantitative estimate of drug-likeness (QED) is 0.740. The highest BCUT2D eigenvalue weighted by Crippen LogP contribution is 2.27. The van der Waals surface area contributed by atoms with Crippen molar-refractivity contribution >= 4 is 17.5 Å². The lowest BCUT2D eigenvalue weighted by Crippen LogP contribution is -2.45. The van der Waals surface area contributed by atoms with Crippen LogP contribution in [-0.4, -0.2) is 81.8 Å². The molecule has 3 rings (SSSR count). The summed E-state index contributed by atoms with van der Waals surface area (Å²) in [5.74, 6) is 0.939. The topological polar surface area (TPSA) is 80.3 Å². The number of benzene rings is 2. The van der Waals surface area contributed by atoms with Crippen LogP contribution in [0.3, 0.4) is 0 Å². The van der Waals surface area contributed by atoms with Gasteiger partial charge in [-0.05, 0) is 56.3 Å². The van der Waals surface area contributed by atoms with Gasteiger partial charge in [-0.15, -0.1) is 0 Å². The number of likely N-dealkylation sites (N-methyl/N-ethyl adjacent to an activating group) is 2. The summed E-state index contributed by atoms with van der Waals surface area (Å²) >= 11 is 0. The summed E-state index contributed by atoms with van der Waals surface area (Å²) < 4.78 is 17.0. The molecule has 8 heteroatoms. The van der Waals surface area contributed by atoms with Gasteiger partial charge in [-0.3, -0.25) is 14.5 Å². The van der Waals surface area contributed by atoms with Crippen LogP contribution in [0.1, 0.15) is 34.6 Å². The van der Waals surface area contributed by atoms with Crippen molar-refractivity contribution in [3.63, 3.8) is 0 Å². The molecule has 1 N–H and O–H groups in total. The van der Waals surface area contributed by atoms with Crippen LogP contribution in [0, 0.1) is 5.92 Å². The fourth-order valence-electron chi connectivity index (χ4n) is 3.98. The van der Waals surface area contributed by atoms with E-state index in [1.165, 1.54) is 0 Å². The standard InChI is InChI=1S/C26H35N3O5/c1-17-14-28(3)18(2)16-34-23-13-20(27-25(30)19-7-10-21(32-5)11-8-19)9-12-22(23)26(31)29(4)15-24(17)33-6/h7-13,17-18,24H,14-16H2,1-6H3,(H,27,30)/t17-,18-,24-/m0/s1. The smallest absolute Gasteiger partial charge is 0.257 e.